The Bertz CT molecular complexity index is 554. The van der Waals surface area contributed by atoms with Crippen molar-refractivity contribution in [2.45, 2.75) is 0 Å². The van der Waals surface area contributed by atoms with Crippen LogP contribution in [0, 0.1) is 0 Å². The highest BCUT2D eigenvalue weighted by molar-refractivity contribution is 9.10. The highest BCUT2D eigenvalue weighted by Crippen LogP contribution is 2.35. The summed E-state index contributed by atoms with van der Waals surface area (Å²) < 4.78 is 18.3. The highest BCUT2D eigenvalue weighted by atomic mass is 79.9. The second kappa shape index (κ2) is 6.75. The van der Waals surface area contributed by atoms with Crippen LogP contribution in [-0.2, 0) is 9.47 Å². The molecule has 0 aliphatic rings. The second-order valence-electron chi connectivity index (χ2n) is 3.20. The number of halogens is 1. The molecule has 8 nitrogen and oxygen atoms in total. The van der Waals surface area contributed by atoms with E-state index in [1.165, 1.54) is 12.1 Å². The monoisotopic (exact) mass is 348 g/mol. The van der Waals surface area contributed by atoms with Gasteiger partial charge in [0.25, 0.3) is 0 Å². The van der Waals surface area contributed by atoms with Gasteiger partial charge in [-0.05, 0) is 12.1 Å². The molecule has 1 N–H and O–H groups in total. The molecule has 20 heavy (non-hydrogen) atoms. The lowest BCUT2D eigenvalue weighted by molar-refractivity contribution is 0.0688. The Morgan fingerprint density at radius 3 is 2.10 bits per heavy atom. The predicted octanol–water partition coefficient (Wildman–Crippen LogP) is 2.44. The maximum atomic E-state index is 11.1. The highest BCUT2D eigenvalue weighted by Gasteiger charge is 2.23. The zero-order valence-corrected chi connectivity index (χ0v) is 11.9. The zero-order chi connectivity index (χ0) is 15.3. The normalized spacial score (nSPS) is 9.55. The summed E-state index contributed by atoms with van der Waals surface area (Å²) in [5.41, 5.74) is -0.399. The molecule has 0 heterocycles. The van der Waals surface area contributed by atoms with Gasteiger partial charge in [-0.25, -0.2) is 14.4 Å². The summed E-state index contributed by atoms with van der Waals surface area (Å²) in [6.45, 7) is 0. The summed E-state index contributed by atoms with van der Waals surface area (Å²) in [4.78, 5) is 33.4. The van der Waals surface area contributed by atoms with Crippen LogP contribution in [-0.4, -0.2) is 37.6 Å². The fraction of sp³-hybridized carbons (Fsp3) is 0.182. The van der Waals surface area contributed by atoms with E-state index >= 15 is 0 Å². The van der Waals surface area contributed by atoms with Crippen LogP contribution in [0.3, 0.4) is 0 Å². The van der Waals surface area contributed by atoms with Crippen molar-refractivity contribution in [1.82, 2.24) is 0 Å². The van der Waals surface area contributed by atoms with Gasteiger partial charge in [0.05, 0.1) is 14.2 Å². The number of carbonyl (C=O) groups excluding carboxylic acids is 2. The number of carboxylic acid groups (broad SMARTS) is 1. The molecule has 0 fully saturated rings. The largest absolute Gasteiger partial charge is 0.513 e. The summed E-state index contributed by atoms with van der Waals surface area (Å²) in [5.74, 6) is -2.17. The third-order valence-electron chi connectivity index (χ3n) is 1.96. The van der Waals surface area contributed by atoms with E-state index < -0.39 is 29.6 Å². The second-order valence-corrected chi connectivity index (χ2v) is 4.11. The fourth-order valence-electron chi connectivity index (χ4n) is 1.17. The lowest BCUT2D eigenvalue weighted by Crippen LogP contribution is -2.14. The molecule has 0 unspecified atom stereocenters. The molecule has 0 aromatic heterocycles. The van der Waals surface area contributed by atoms with Crippen LogP contribution in [0.5, 0.6) is 11.5 Å². The summed E-state index contributed by atoms with van der Waals surface area (Å²) in [5, 5.41) is 9.07. The molecule has 1 aromatic carbocycles. The van der Waals surface area contributed by atoms with E-state index in [0.717, 1.165) is 14.2 Å². The first-order valence-corrected chi connectivity index (χ1v) is 5.76. The van der Waals surface area contributed by atoms with Crippen molar-refractivity contribution < 1.29 is 38.4 Å². The molecule has 0 amide bonds. The topological polar surface area (TPSA) is 108 Å². The molecule has 0 spiro atoms. The van der Waals surface area contributed by atoms with Crippen molar-refractivity contribution in [1.29, 1.82) is 0 Å². The van der Waals surface area contributed by atoms with Gasteiger partial charge >= 0.3 is 18.3 Å². The van der Waals surface area contributed by atoms with Crippen LogP contribution in [0.15, 0.2) is 16.6 Å². The van der Waals surface area contributed by atoms with Crippen LogP contribution in [0.4, 0.5) is 9.59 Å². The lowest BCUT2D eigenvalue weighted by Gasteiger charge is -2.12. The summed E-state index contributed by atoms with van der Waals surface area (Å²) in [6.07, 6.45) is -2.27. The van der Waals surface area contributed by atoms with E-state index in [2.05, 4.69) is 25.4 Å². The fourth-order valence-corrected chi connectivity index (χ4v) is 1.60. The third kappa shape index (κ3) is 3.85. The van der Waals surface area contributed by atoms with Crippen LogP contribution < -0.4 is 9.47 Å². The first-order chi connectivity index (χ1) is 9.38. The van der Waals surface area contributed by atoms with Crippen LogP contribution in [0.25, 0.3) is 0 Å². The Labute approximate surface area is 121 Å². The van der Waals surface area contributed by atoms with Crippen LogP contribution in [0.1, 0.15) is 10.4 Å². The Morgan fingerprint density at radius 1 is 1.05 bits per heavy atom. The molecule has 1 aromatic rings. The minimum Gasteiger partial charge on any atom is -0.478 e. The van der Waals surface area contributed by atoms with E-state index in [9.17, 15) is 14.4 Å². The molecule has 1 rings (SSSR count). The van der Waals surface area contributed by atoms with Gasteiger partial charge in [-0.15, -0.1) is 0 Å². The van der Waals surface area contributed by atoms with E-state index in [4.69, 9.17) is 14.6 Å². The van der Waals surface area contributed by atoms with E-state index in [0.29, 0.717) is 4.47 Å². The number of aromatic carboxylic acids is 1. The van der Waals surface area contributed by atoms with Crippen molar-refractivity contribution in [3.8, 4) is 11.5 Å². The molecule has 9 heteroatoms. The standard InChI is InChI=1S/C11H9BrO8/c1-17-10(15)19-7-4-5(12)3-6(9(13)14)8(7)20-11(16)18-2/h3-4H,1-2H3,(H,13,14). The summed E-state index contributed by atoms with van der Waals surface area (Å²) >= 11 is 3.04. The van der Waals surface area contributed by atoms with Gasteiger partial charge in [0.1, 0.15) is 5.56 Å². The molecule has 0 radical (unpaired) electrons. The molecule has 108 valence electrons. The number of benzene rings is 1. The van der Waals surface area contributed by atoms with Crippen molar-refractivity contribution in [2.75, 3.05) is 14.2 Å². The number of ether oxygens (including phenoxy) is 4. The van der Waals surface area contributed by atoms with Gasteiger partial charge in [-0.3, -0.25) is 0 Å². The Hall–Kier alpha value is -2.29. The number of hydrogen-bond acceptors (Lipinski definition) is 7. The van der Waals surface area contributed by atoms with Gasteiger partial charge in [0.2, 0.25) is 0 Å². The maximum Gasteiger partial charge on any atom is 0.513 e. The number of rotatable bonds is 3. The van der Waals surface area contributed by atoms with Crippen molar-refractivity contribution in [3.63, 3.8) is 0 Å². The summed E-state index contributed by atoms with van der Waals surface area (Å²) in [7, 11) is 2.11. The SMILES string of the molecule is COC(=O)Oc1cc(Br)cc(C(=O)O)c1OC(=O)OC. The lowest BCUT2D eigenvalue weighted by atomic mass is 10.2. The minimum atomic E-state index is -1.39. The molecular weight excluding hydrogens is 340 g/mol. The van der Waals surface area contributed by atoms with Crippen molar-refractivity contribution in [3.05, 3.63) is 22.2 Å². The minimum absolute atomic E-state index is 0.297. The smallest absolute Gasteiger partial charge is 0.478 e. The predicted molar refractivity (Wildman–Crippen MR) is 67.2 cm³/mol. The quantitative estimate of drug-likeness (QED) is 0.655. The summed E-state index contributed by atoms with van der Waals surface area (Å²) in [6, 6.07) is 2.41. The van der Waals surface area contributed by atoms with Crippen molar-refractivity contribution >= 4 is 34.2 Å². The van der Waals surface area contributed by atoms with Crippen LogP contribution >= 0.6 is 15.9 Å². The van der Waals surface area contributed by atoms with Gasteiger partial charge in [-0.2, -0.15) is 0 Å². The Kier molecular flexibility index (Phi) is 5.32. The number of carboxylic acids is 1. The first kappa shape index (κ1) is 15.8. The average Bonchev–Trinajstić information content (AvgIpc) is 2.40. The van der Waals surface area contributed by atoms with Gasteiger partial charge < -0.3 is 24.1 Å². The zero-order valence-electron chi connectivity index (χ0n) is 10.3. The number of carbonyl (C=O) groups is 3. The molecular formula is C11H9BrO8. The molecule has 0 atom stereocenters. The first-order valence-electron chi connectivity index (χ1n) is 4.97. The Balaban J connectivity index is 3.34. The van der Waals surface area contributed by atoms with E-state index in [1.807, 2.05) is 0 Å². The molecule has 0 aliphatic heterocycles. The van der Waals surface area contributed by atoms with Crippen LogP contribution in [0.2, 0.25) is 0 Å². The maximum absolute atomic E-state index is 11.1. The molecule has 0 saturated carbocycles. The molecule has 0 saturated heterocycles. The molecule has 0 bridgehead atoms. The average molecular weight is 349 g/mol. The van der Waals surface area contributed by atoms with E-state index in [1.54, 1.807) is 0 Å². The molecule has 0 aliphatic carbocycles. The van der Waals surface area contributed by atoms with Crippen molar-refractivity contribution in [2.24, 2.45) is 0 Å². The van der Waals surface area contributed by atoms with E-state index in [-0.39, 0.29) is 5.75 Å². The third-order valence-corrected chi connectivity index (χ3v) is 2.42. The van der Waals surface area contributed by atoms with Gasteiger partial charge in [0, 0.05) is 4.47 Å². The van der Waals surface area contributed by atoms with Gasteiger partial charge in [0.15, 0.2) is 11.5 Å². The van der Waals surface area contributed by atoms with Gasteiger partial charge in [-0.1, -0.05) is 15.9 Å². The number of methoxy groups -OCH3 is 2. The number of hydrogen-bond donors (Lipinski definition) is 1. The Morgan fingerprint density at radius 2 is 1.60 bits per heavy atom.